The lowest BCUT2D eigenvalue weighted by molar-refractivity contribution is -0.387. The second kappa shape index (κ2) is 8.21. The molecule has 0 aliphatic carbocycles. The summed E-state index contributed by atoms with van der Waals surface area (Å²) in [7, 11) is -3.10. The van der Waals surface area contributed by atoms with Crippen molar-refractivity contribution in [1.82, 2.24) is 0 Å². The Morgan fingerprint density at radius 1 is 0.931 bits per heavy atom. The molecule has 0 radical (unpaired) electrons. The van der Waals surface area contributed by atoms with Crippen LogP contribution in [0.15, 0.2) is 82.3 Å². The predicted octanol–water partition coefficient (Wildman–Crippen LogP) is 4.37. The average molecular weight is 413 g/mol. The first-order valence-corrected chi connectivity index (χ1v) is 9.69. The summed E-state index contributed by atoms with van der Waals surface area (Å²) in [5, 5.41) is 13.6. The highest BCUT2D eigenvalue weighted by Crippen LogP contribution is 2.31. The molecule has 148 valence electrons. The van der Waals surface area contributed by atoms with Crippen LogP contribution >= 0.6 is 0 Å². The van der Waals surface area contributed by atoms with E-state index >= 15 is 0 Å². The van der Waals surface area contributed by atoms with Crippen LogP contribution in [0.3, 0.4) is 0 Å². The lowest BCUT2D eigenvalue weighted by Crippen LogP contribution is -2.02. The van der Waals surface area contributed by atoms with E-state index in [2.05, 4.69) is 18.2 Å². The predicted molar refractivity (Wildman–Crippen MR) is 106 cm³/mol. The van der Waals surface area contributed by atoms with E-state index in [1.165, 1.54) is 17.5 Å². The van der Waals surface area contributed by atoms with Crippen molar-refractivity contribution in [3.8, 4) is 5.75 Å². The molecule has 0 aliphatic rings. The zero-order valence-corrected chi connectivity index (χ0v) is 16.0. The maximum Gasteiger partial charge on any atom is 0.371 e. The van der Waals surface area contributed by atoms with Crippen molar-refractivity contribution < 1.29 is 27.0 Å². The number of hydrogen-bond donors (Lipinski definition) is 0. The maximum atomic E-state index is 10.5. The van der Waals surface area contributed by atoms with Crippen LogP contribution in [0, 0.1) is 10.1 Å². The summed E-state index contributed by atoms with van der Waals surface area (Å²) in [5.41, 5.74) is 0.176. The van der Waals surface area contributed by atoms with Gasteiger partial charge in [-0.2, -0.15) is 0 Å². The molecule has 4 aromatic rings. The second-order valence-electron chi connectivity index (χ2n) is 5.83. The fraction of sp³-hybridized carbons (Fsp3) is 0.0500. The summed E-state index contributed by atoms with van der Waals surface area (Å²) in [4.78, 5) is 8.55. The number of benzene rings is 3. The molecule has 0 N–H and O–H groups in total. The number of hydrogen-bond acceptors (Lipinski definition) is 6. The summed E-state index contributed by atoms with van der Waals surface area (Å²) < 4.78 is 42.4. The Hall–Kier alpha value is -3.56. The van der Waals surface area contributed by atoms with Crippen molar-refractivity contribution in [2.75, 3.05) is 7.11 Å². The van der Waals surface area contributed by atoms with Crippen LogP contribution in [0.1, 0.15) is 0 Å². The van der Waals surface area contributed by atoms with E-state index in [-0.39, 0.29) is 0 Å². The van der Waals surface area contributed by atoms with Crippen molar-refractivity contribution in [3.05, 3.63) is 83.1 Å². The minimum Gasteiger partial charge on any atom is -0.744 e. The summed E-state index contributed by atoms with van der Waals surface area (Å²) >= 11 is 0. The smallest absolute Gasteiger partial charge is 0.371 e. The Morgan fingerprint density at radius 2 is 1.62 bits per heavy atom. The molecule has 3 aromatic carbocycles. The first-order valence-electron chi connectivity index (χ1n) is 8.28. The van der Waals surface area contributed by atoms with E-state index in [9.17, 15) is 23.1 Å². The Labute approximate surface area is 165 Å². The number of fused-ring (bicyclic) bond motifs is 3. The highest BCUT2D eigenvalue weighted by Gasteiger charge is 2.17. The molecular formula is C20H15NO7S. The van der Waals surface area contributed by atoms with Gasteiger partial charge in [-0.25, -0.2) is 12.8 Å². The quantitative estimate of drug-likeness (QED) is 0.161. The SMILES string of the molecule is COc1cc[o+]c2c1ccc1ccccc12.O=[N+]([O-])c1ccccc1S(=O)(=O)[O-]. The molecule has 0 saturated carbocycles. The van der Waals surface area contributed by atoms with Gasteiger partial charge in [0, 0.05) is 6.07 Å². The third-order valence-corrected chi connectivity index (χ3v) is 4.99. The minimum atomic E-state index is -4.77. The summed E-state index contributed by atoms with van der Waals surface area (Å²) in [6.45, 7) is 0. The van der Waals surface area contributed by atoms with Crippen molar-refractivity contribution >= 4 is 37.5 Å². The van der Waals surface area contributed by atoms with E-state index in [1.807, 2.05) is 24.3 Å². The van der Waals surface area contributed by atoms with Crippen molar-refractivity contribution in [2.24, 2.45) is 0 Å². The number of para-hydroxylation sites is 1. The minimum absolute atomic E-state index is 0.697. The number of ether oxygens (including phenoxy) is 1. The van der Waals surface area contributed by atoms with Crippen LogP contribution in [0.25, 0.3) is 21.7 Å². The molecule has 0 spiro atoms. The largest absolute Gasteiger partial charge is 0.744 e. The van der Waals surface area contributed by atoms with E-state index < -0.39 is 25.6 Å². The van der Waals surface area contributed by atoms with Gasteiger partial charge in [0.2, 0.25) is 0 Å². The number of nitro groups is 1. The normalized spacial score (nSPS) is 11.0. The van der Waals surface area contributed by atoms with Crippen LogP contribution in [0.4, 0.5) is 5.69 Å². The van der Waals surface area contributed by atoms with Gasteiger partial charge in [0.05, 0.1) is 23.5 Å². The molecule has 0 amide bonds. The van der Waals surface area contributed by atoms with Gasteiger partial charge >= 0.3 is 11.8 Å². The van der Waals surface area contributed by atoms with Gasteiger partial charge in [-0.3, -0.25) is 10.1 Å². The lowest BCUT2D eigenvalue weighted by Gasteiger charge is -2.06. The van der Waals surface area contributed by atoms with Gasteiger partial charge in [-0.05, 0) is 23.6 Å². The van der Waals surface area contributed by atoms with Gasteiger partial charge in [0.15, 0.2) is 0 Å². The Bertz CT molecular complexity index is 1300. The topological polar surface area (TPSA) is 121 Å². The van der Waals surface area contributed by atoms with E-state index in [0.717, 1.165) is 34.2 Å². The molecule has 9 heteroatoms. The van der Waals surface area contributed by atoms with E-state index in [1.54, 1.807) is 13.4 Å². The van der Waals surface area contributed by atoms with Crippen molar-refractivity contribution in [3.63, 3.8) is 0 Å². The molecule has 1 heterocycles. The highest BCUT2D eigenvalue weighted by atomic mass is 32.2. The first-order chi connectivity index (χ1) is 13.8. The highest BCUT2D eigenvalue weighted by molar-refractivity contribution is 7.85. The zero-order valence-electron chi connectivity index (χ0n) is 15.1. The van der Waals surface area contributed by atoms with Gasteiger partial charge in [-0.15, -0.1) is 0 Å². The molecule has 0 unspecified atom stereocenters. The second-order valence-corrected chi connectivity index (χ2v) is 7.18. The van der Waals surface area contributed by atoms with Crippen LogP contribution in [0.5, 0.6) is 5.75 Å². The van der Waals surface area contributed by atoms with Crippen LogP contribution < -0.4 is 4.74 Å². The number of nitro benzene ring substituents is 1. The molecule has 0 atom stereocenters. The monoisotopic (exact) mass is 413 g/mol. The fourth-order valence-electron chi connectivity index (χ4n) is 2.82. The number of nitrogens with zero attached hydrogens (tertiary/aromatic N) is 1. The van der Waals surface area contributed by atoms with Gasteiger partial charge in [0.25, 0.3) is 5.69 Å². The number of methoxy groups -OCH3 is 1. The Morgan fingerprint density at radius 3 is 2.28 bits per heavy atom. The Kier molecular flexibility index (Phi) is 5.71. The summed E-state index contributed by atoms with van der Waals surface area (Å²) in [6.07, 6.45) is 1.66. The van der Waals surface area contributed by atoms with Gasteiger partial charge in [-0.1, -0.05) is 36.4 Å². The van der Waals surface area contributed by atoms with Gasteiger partial charge in [0.1, 0.15) is 26.1 Å². The molecule has 4 rings (SSSR count). The molecule has 8 nitrogen and oxygen atoms in total. The van der Waals surface area contributed by atoms with Crippen LogP contribution in [-0.4, -0.2) is 25.0 Å². The Balaban J connectivity index is 0.000000170. The third-order valence-electron chi connectivity index (χ3n) is 4.10. The molecule has 0 saturated heterocycles. The molecular weight excluding hydrogens is 398 g/mol. The van der Waals surface area contributed by atoms with E-state index in [0.29, 0.717) is 0 Å². The molecule has 0 aliphatic heterocycles. The lowest BCUT2D eigenvalue weighted by atomic mass is 10.1. The summed E-state index contributed by atoms with van der Waals surface area (Å²) in [6, 6.07) is 18.5. The summed E-state index contributed by atoms with van der Waals surface area (Å²) in [5.74, 6) is 0.840. The first kappa shape index (κ1) is 20.2. The zero-order chi connectivity index (χ0) is 21.0. The van der Waals surface area contributed by atoms with Crippen LogP contribution in [0.2, 0.25) is 0 Å². The van der Waals surface area contributed by atoms with Gasteiger partial charge < -0.3 is 9.29 Å². The molecule has 1 aromatic heterocycles. The van der Waals surface area contributed by atoms with E-state index in [4.69, 9.17) is 9.15 Å². The van der Waals surface area contributed by atoms with Crippen LogP contribution in [-0.2, 0) is 10.1 Å². The maximum absolute atomic E-state index is 10.5. The third kappa shape index (κ3) is 4.31. The van der Waals surface area contributed by atoms with Crippen molar-refractivity contribution in [2.45, 2.75) is 4.90 Å². The fourth-order valence-corrected chi connectivity index (χ4v) is 3.46. The molecule has 29 heavy (non-hydrogen) atoms. The molecule has 0 fully saturated rings. The number of rotatable bonds is 3. The standard InChI is InChI=1S/C14H11O2.C6H5NO5S/c1-15-13-8-9-16-14-11-5-3-2-4-10(11)6-7-12(13)14;8-7(9)5-3-1-2-4-6(5)13(10,11)12/h2-9H,1H3;1-4H,(H,10,11,12)/q+1;/p-1. The van der Waals surface area contributed by atoms with Crippen molar-refractivity contribution in [1.29, 1.82) is 0 Å². The average Bonchev–Trinajstić information content (AvgIpc) is 2.73. The molecule has 0 bridgehead atoms.